The van der Waals surface area contributed by atoms with Gasteiger partial charge in [0, 0.05) is 56.6 Å². The summed E-state index contributed by atoms with van der Waals surface area (Å²) in [7, 11) is 0. The third-order valence-corrected chi connectivity index (χ3v) is 9.12. The maximum Gasteiger partial charge on any atom is 0.237 e. The number of nitrogens with zero attached hydrogens (tertiary/aromatic N) is 2. The molecule has 2 aliphatic carbocycles. The second kappa shape index (κ2) is 8.82. The molecular formula is C24H38F2N4O2. The Morgan fingerprint density at radius 1 is 1.03 bits per heavy atom. The molecule has 2 N–H and O–H groups in total. The summed E-state index contributed by atoms with van der Waals surface area (Å²) in [5.74, 6) is 0.802. The normalized spacial score (nSPS) is 46.7. The number of fused-ring (bicyclic) bond motifs is 2. The molecule has 3 aliphatic heterocycles. The van der Waals surface area contributed by atoms with Gasteiger partial charge in [-0.3, -0.25) is 14.5 Å². The fourth-order valence-corrected chi connectivity index (χ4v) is 7.42. The van der Waals surface area contributed by atoms with E-state index in [0.717, 1.165) is 38.9 Å². The van der Waals surface area contributed by atoms with Gasteiger partial charge in [-0.1, -0.05) is 6.92 Å². The molecule has 0 radical (unpaired) electrons. The van der Waals surface area contributed by atoms with Crippen molar-refractivity contribution in [2.75, 3.05) is 19.6 Å². The van der Waals surface area contributed by atoms with Crippen LogP contribution >= 0.6 is 0 Å². The topological polar surface area (TPSA) is 64.7 Å². The van der Waals surface area contributed by atoms with Crippen molar-refractivity contribution in [3.63, 3.8) is 0 Å². The number of amides is 2. The van der Waals surface area contributed by atoms with Crippen molar-refractivity contribution in [3.8, 4) is 0 Å². The Morgan fingerprint density at radius 3 is 2.59 bits per heavy atom. The summed E-state index contributed by atoms with van der Waals surface area (Å²) >= 11 is 0. The molecule has 5 fully saturated rings. The molecule has 0 bridgehead atoms. The highest BCUT2D eigenvalue weighted by Gasteiger charge is 2.48. The first kappa shape index (κ1) is 22.5. The van der Waals surface area contributed by atoms with Crippen molar-refractivity contribution in [3.05, 3.63) is 0 Å². The van der Waals surface area contributed by atoms with Crippen LogP contribution in [0.15, 0.2) is 0 Å². The van der Waals surface area contributed by atoms with E-state index in [1.165, 1.54) is 0 Å². The number of carbonyl (C=O) groups excluding carboxylic acids is 2. The Hall–Kier alpha value is -1.28. The second-order valence-electron chi connectivity index (χ2n) is 11.2. The predicted octanol–water partition coefficient (Wildman–Crippen LogP) is 2.03. The summed E-state index contributed by atoms with van der Waals surface area (Å²) in [5, 5.41) is 6.49. The molecule has 10 atom stereocenters. The van der Waals surface area contributed by atoms with Crippen molar-refractivity contribution in [1.82, 2.24) is 20.4 Å². The molecule has 32 heavy (non-hydrogen) atoms. The zero-order valence-corrected chi connectivity index (χ0v) is 19.3. The maximum absolute atomic E-state index is 14.7. The molecule has 0 aromatic rings. The lowest BCUT2D eigenvalue weighted by molar-refractivity contribution is -0.130. The standard InChI is InChI=1S/C24H38F2N4O2/c1-13-3-4-20(26)19-10-21(28-23(13)19)24(32)27-17-7-16(25)8-18(9-17)29-11-15-5-6-30(14(2)31)22(15)12-29/h13,15-23,28H,3-12H2,1-2H3,(H,27,32)/t13?,15-,16?,17?,18?,19?,20?,21?,22-,23?/m0/s1. The zero-order chi connectivity index (χ0) is 22.6. The Labute approximate surface area is 189 Å². The minimum Gasteiger partial charge on any atom is -0.352 e. The van der Waals surface area contributed by atoms with Gasteiger partial charge in [0.05, 0.1) is 6.04 Å². The lowest BCUT2D eigenvalue weighted by atomic mass is 9.77. The molecule has 5 aliphatic rings. The highest BCUT2D eigenvalue weighted by molar-refractivity contribution is 5.82. The molecule has 0 aromatic carbocycles. The van der Waals surface area contributed by atoms with Crippen molar-refractivity contribution in [2.45, 2.75) is 101 Å². The Kier molecular flexibility index (Phi) is 6.20. The molecule has 3 saturated heterocycles. The number of alkyl halides is 2. The minimum absolute atomic E-state index is 0.0655. The van der Waals surface area contributed by atoms with Gasteiger partial charge in [-0.05, 0) is 56.8 Å². The van der Waals surface area contributed by atoms with E-state index < -0.39 is 12.3 Å². The summed E-state index contributed by atoms with van der Waals surface area (Å²) in [6.45, 7) is 6.33. The summed E-state index contributed by atoms with van der Waals surface area (Å²) in [5.41, 5.74) is 0. The van der Waals surface area contributed by atoms with Gasteiger partial charge in [0.15, 0.2) is 0 Å². The molecular weight excluding hydrogens is 414 g/mol. The number of carbonyl (C=O) groups is 2. The van der Waals surface area contributed by atoms with Gasteiger partial charge in [-0.15, -0.1) is 0 Å². The monoisotopic (exact) mass is 452 g/mol. The summed E-state index contributed by atoms with van der Waals surface area (Å²) in [6, 6.07) is -0.156. The van der Waals surface area contributed by atoms with Crippen LogP contribution in [-0.2, 0) is 9.59 Å². The predicted molar refractivity (Wildman–Crippen MR) is 117 cm³/mol. The lowest BCUT2D eigenvalue weighted by Crippen LogP contribution is -2.53. The molecule has 5 rings (SSSR count). The van der Waals surface area contributed by atoms with Crippen LogP contribution in [0.3, 0.4) is 0 Å². The average Bonchev–Trinajstić information content (AvgIpc) is 3.44. The van der Waals surface area contributed by atoms with Crippen LogP contribution in [0.2, 0.25) is 0 Å². The fraction of sp³-hybridized carbons (Fsp3) is 0.917. The van der Waals surface area contributed by atoms with Crippen molar-refractivity contribution in [1.29, 1.82) is 0 Å². The van der Waals surface area contributed by atoms with Crippen LogP contribution in [0.5, 0.6) is 0 Å². The SMILES string of the molecule is CC(=O)N1CC[C@H]2CN(C3CC(F)CC(NC(=O)C4CC5C(F)CCC(C)C5N4)C3)C[C@@H]21. The van der Waals surface area contributed by atoms with Crippen LogP contribution in [0.4, 0.5) is 8.78 Å². The van der Waals surface area contributed by atoms with Crippen molar-refractivity contribution < 1.29 is 18.4 Å². The molecule has 8 unspecified atom stereocenters. The maximum atomic E-state index is 14.7. The molecule has 2 amide bonds. The quantitative estimate of drug-likeness (QED) is 0.688. The van der Waals surface area contributed by atoms with Crippen molar-refractivity contribution >= 4 is 11.8 Å². The van der Waals surface area contributed by atoms with E-state index in [4.69, 9.17) is 0 Å². The van der Waals surface area contributed by atoms with Gasteiger partial charge in [-0.25, -0.2) is 8.78 Å². The molecule has 0 spiro atoms. The minimum atomic E-state index is -0.933. The van der Waals surface area contributed by atoms with E-state index >= 15 is 0 Å². The fourth-order valence-electron chi connectivity index (χ4n) is 7.42. The Morgan fingerprint density at radius 2 is 1.84 bits per heavy atom. The molecule has 0 aromatic heterocycles. The Bertz CT molecular complexity index is 721. The van der Waals surface area contributed by atoms with E-state index in [1.54, 1.807) is 6.92 Å². The highest BCUT2D eigenvalue weighted by atomic mass is 19.1. The number of hydrogen-bond acceptors (Lipinski definition) is 4. The van der Waals surface area contributed by atoms with Gasteiger partial charge in [0.2, 0.25) is 11.8 Å². The number of halogens is 2. The Balaban J connectivity index is 1.18. The van der Waals surface area contributed by atoms with E-state index in [9.17, 15) is 18.4 Å². The van der Waals surface area contributed by atoms with Crippen LogP contribution in [0, 0.1) is 17.8 Å². The van der Waals surface area contributed by atoms with E-state index in [1.807, 2.05) is 4.90 Å². The number of rotatable bonds is 3. The lowest BCUT2D eigenvalue weighted by Gasteiger charge is -2.38. The first-order chi connectivity index (χ1) is 15.3. The highest BCUT2D eigenvalue weighted by Crippen LogP contribution is 2.39. The van der Waals surface area contributed by atoms with E-state index in [-0.39, 0.29) is 47.9 Å². The number of likely N-dealkylation sites (tertiary alicyclic amines) is 2. The summed E-state index contributed by atoms with van der Waals surface area (Å²) in [4.78, 5) is 29.3. The second-order valence-corrected chi connectivity index (χ2v) is 11.2. The molecule has 3 heterocycles. The smallest absolute Gasteiger partial charge is 0.237 e. The molecule has 180 valence electrons. The average molecular weight is 453 g/mol. The first-order valence-corrected chi connectivity index (χ1v) is 12.7. The van der Waals surface area contributed by atoms with Gasteiger partial charge < -0.3 is 15.5 Å². The third kappa shape index (κ3) is 4.17. The summed E-state index contributed by atoms with van der Waals surface area (Å²) < 4.78 is 29.1. The largest absolute Gasteiger partial charge is 0.352 e. The zero-order valence-electron chi connectivity index (χ0n) is 19.3. The van der Waals surface area contributed by atoms with Crippen LogP contribution < -0.4 is 10.6 Å². The molecule has 6 nitrogen and oxygen atoms in total. The number of nitrogens with one attached hydrogen (secondary N) is 2. The number of hydrogen-bond donors (Lipinski definition) is 2. The third-order valence-electron chi connectivity index (χ3n) is 9.12. The van der Waals surface area contributed by atoms with Gasteiger partial charge >= 0.3 is 0 Å². The van der Waals surface area contributed by atoms with Crippen LogP contribution in [0.25, 0.3) is 0 Å². The van der Waals surface area contributed by atoms with E-state index in [0.29, 0.717) is 37.5 Å². The molecule has 8 heteroatoms. The summed E-state index contributed by atoms with van der Waals surface area (Å²) in [6.07, 6.45) is 2.83. The van der Waals surface area contributed by atoms with Crippen molar-refractivity contribution in [2.24, 2.45) is 17.8 Å². The van der Waals surface area contributed by atoms with Gasteiger partial charge in [0.1, 0.15) is 12.3 Å². The van der Waals surface area contributed by atoms with Gasteiger partial charge in [0.25, 0.3) is 0 Å². The first-order valence-electron chi connectivity index (χ1n) is 12.7. The molecule has 2 saturated carbocycles. The van der Waals surface area contributed by atoms with E-state index in [2.05, 4.69) is 22.5 Å². The van der Waals surface area contributed by atoms with Crippen LogP contribution in [0.1, 0.15) is 58.8 Å². The van der Waals surface area contributed by atoms with Crippen LogP contribution in [-0.4, -0.2) is 83.8 Å². The van der Waals surface area contributed by atoms with Gasteiger partial charge in [-0.2, -0.15) is 0 Å².